The molecule has 1 saturated heterocycles. The molecule has 0 radical (unpaired) electrons. The molecule has 1 heterocycles. The minimum absolute atomic E-state index is 0.0698. The van der Waals surface area contributed by atoms with Crippen molar-refractivity contribution in [2.75, 3.05) is 39.9 Å². The minimum atomic E-state index is -0.739. The van der Waals surface area contributed by atoms with Crippen LogP contribution in [0.15, 0.2) is 11.8 Å². The van der Waals surface area contributed by atoms with E-state index < -0.39 is 11.9 Å². The normalized spacial score (nSPS) is 14.8. The Morgan fingerprint density at radius 3 is 2.15 bits per heavy atom. The molecule has 0 unspecified atom stereocenters. The van der Waals surface area contributed by atoms with Crippen LogP contribution in [0.3, 0.4) is 0 Å². The first-order chi connectivity index (χ1) is 9.49. The summed E-state index contributed by atoms with van der Waals surface area (Å²) < 4.78 is 9.66. The Labute approximate surface area is 118 Å². The van der Waals surface area contributed by atoms with Gasteiger partial charge in [-0.3, -0.25) is 4.79 Å². The molecule has 0 N–H and O–H groups in total. The first kappa shape index (κ1) is 16.0. The molecule has 0 atom stereocenters. The first-order valence-electron chi connectivity index (χ1n) is 6.53. The molecule has 1 amide bonds. The standard InChI is InChI=1S/C13H20N2O5/c1-4-19-12(17)10(13(18)20-5-2)8-15-7-6-14(3)11(16)9-15/h8H,4-7,9H2,1-3H3. The van der Waals surface area contributed by atoms with Gasteiger partial charge >= 0.3 is 11.9 Å². The second kappa shape index (κ2) is 7.52. The Kier molecular flexibility index (Phi) is 6.02. The summed E-state index contributed by atoms with van der Waals surface area (Å²) >= 11 is 0. The number of piperazine rings is 1. The van der Waals surface area contributed by atoms with Gasteiger partial charge in [-0.15, -0.1) is 0 Å². The summed E-state index contributed by atoms with van der Waals surface area (Å²) in [7, 11) is 1.71. The second-order valence-corrected chi connectivity index (χ2v) is 4.27. The summed E-state index contributed by atoms with van der Waals surface area (Å²) in [6, 6.07) is 0. The van der Waals surface area contributed by atoms with Crippen LogP contribution in [0.25, 0.3) is 0 Å². The van der Waals surface area contributed by atoms with Crippen molar-refractivity contribution in [2.24, 2.45) is 0 Å². The van der Waals surface area contributed by atoms with E-state index in [1.165, 1.54) is 6.20 Å². The van der Waals surface area contributed by atoms with E-state index in [2.05, 4.69) is 0 Å². The summed E-state index contributed by atoms with van der Waals surface area (Å²) in [5.74, 6) is -1.55. The predicted octanol–water partition coefficient (Wildman–Crippen LogP) is -0.229. The maximum absolute atomic E-state index is 11.8. The molecule has 0 spiro atoms. The van der Waals surface area contributed by atoms with E-state index in [4.69, 9.17) is 9.47 Å². The van der Waals surface area contributed by atoms with Crippen LogP contribution in [0.2, 0.25) is 0 Å². The molecule has 0 saturated carbocycles. The van der Waals surface area contributed by atoms with E-state index in [0.717, 1.165) is 0 Å². The third-order valence-corrected chi connectivity index (χ3v) is 2.79. The van der Waals surface area contributed by atoms with E-state index in [-0.39, 0.29) is 31.2 Å². The van der Waals surface area contributed by atoms with Crippen LogP contribution < -0.4 is 0 Å². The smallest absolute Gasteiger partial charge is 0.347 e. The highest BCUT2D eigenvalue weighted by molar-refractivity contribution is 6.14. The topological polar surface area (TPSA) is 76.2 Å². The third-order valence-electron chi connectivity index (χ3n) is 2.79. The van der Waals surface area contributed by atoms with E-state index in [9.17, 15) is 14.4 Å². The van der Waals surface area contributed by atoms with Crippen molar-refractivity contribution < 1.29 is 23.9 Å². The lowest BCUT2D eigenvalue weighted by Crippen LogP contribution is -2.46. The van der Waals surface area contributed by atoms with Gasteiger partial charge in [0.2, 0.25) is 5.91 Å². The van der Waals surface area contributed by atoms with Gasteiger partial charge in [0, 0.05) is 26.3 Å². The lowest BCUT2D eigenvalue weighted by Gasteiger charge is -2.31. The van der Waals surface area contributed by atoms with Crippen molar-refractivity contribution >= 4 is 17.8 Å². The van der Waals surface area contributed by atoms with Crippen LogP contribution in [-0.4, -0.2) is 67.5 Å². The lowest BCUT2D eigenvalue weighted by molar-refractivity contribution is -0.147. The van der Waals surface area contributed by atoms with Gasteiger partial charge in [0.05, 0.1) is 19.8 Å². The van der Waals surface area contributed by atoms with Crippen LogP contribution in [0.4, 0.5) is 0 Å². The molecule has 0 aromatic rings. The number of likely N-dealkylation sites (N-methyl/N-ethyl adjacent to an activating group) is 1. The highest BCUT2D eigenvalue weighted by atomic mass is 16.6. The average Bonchev–Trinajstić information content (AvgIpc) is 2.40. The predicted molar refractivity (Wildman–Crippen MR) is 70.6 cm³/mol. The molecule has 112 valence electrons. The Bertz CT molecular complexity index is 399. The van der Waals surface area contributed by atoms with Crippen LogP contribution in [0.5, 0.6) is 0 Å². The number of hydrogen-bond donors (Lipinski definition) is 0. The van der Waals surface area contributed by atoms with E-state index in [1.54, 1.807) is 30.7 Å². The highest BCUT2D eigenvalue weighted by Crippen LogP contribution is 2.08. The van der Waals surface area contributed by atoms with Gasteiger partial charge in [-0.1, -0.05) is 0 Å². The van der Waals surface area contributed by atoms with Crippen LogP contribution in [-0.2, 0) is 23.9 Å². The lowest BCUT2D eigenvalue weighted by atomic mass is 10.2. The summed E-state index contributed by atoms with van der Waals surface area (Å²) in [6.45, 7) is 4.84. The highest BCUT2D eigenvalue weighted by Gasteiger charge is 2.25. The first-order valence-corrected chi connectivity index (χ1v) is 6.53. The zero-order valence-corrected chi connectivity index (χ0v) is 12.0. The summed E-state index contributed by atoms with van der Waals surface area (Å²) in [5, 5.41) is 0. The number of carbonyl (C=O) groups is 3. The molecule has 1 fully saturated rings. The van der Waals surface area contributed by atoms with Gasteiger partial charge < -0.3 is 19.3 Å². The van der Waals surface area contributed by atoms with E-state index in [0.29, 0.717) is 13.1 Å². The maximum atomic E-state index is 11.8. The van der Waals surface area contributed by atoms with Crippen molar-refractivity contribution in [3.8, 4) is 0 Å². The zero-order valence-electron chi connectivity index (χ0n) is 12.0. The largest absolute Gasteiger partial charge is 0.462 e. The number of ether oxygens (including phenoxy) is 2. The van der Waals surface area contributed by atoms with Crippen LogP contribution >= 0.6 is 0 Å². The molecular formula is C13H20N2O5. The maximum Gasteiger partial charge on any atom is 0.347 e. The molecule has 7 heteroatoms. The summed E-state index contributed by atoms with van der Waals surface area (Å²) in [4.78, 5) is 38.3. The molecule has 0 bridgehead atoms. The van der Waals surface area contributed by atoms with Crippen molar-refractivity contribution in [3.05, 3.63) is 11.8 Å². The van der Waals surface area contributed by atoms with Crippen LogP contribution in [0, 0.1) is 0 Å². The summed E-state index contributed by atoms with van der Waals surface area (Å²) in [6.07, 6.45) is 1.35. The Morgan fingerprint density at radius 1 is 1.15 bits per heavy atom. The SMILES string of the molecule is CCOC(=O)C(=CN1CCN(C)C(=O)C1)C(=O)OCC. The quantitative estimate of drug-likeness (QED) is 0.300. The van der Waals surface area contributed by atoms with Gasteiger partial charge in [0.1, 0.15) is 0 Å². The van der Waals surface area contributed by atoms with Crippen molar-refractivity contribution in [1.29, 1.82) is 0 Å². The van der Waals surface area contributed by atoms with Gasteiger partial charge in [-0.05, 0) is 13.8 Å². The zero-order chi connectivity index (χ0) is 15.1. The second-order valence-electron chi connectivity index (χ2n) is 4.27. The number of carbonyl (C=O) groups excluding carboxylic acids is 3. The fourth-order valence-electron chi connectivity index (χ4n) is 1.68. The van der Waals surface area contributed by atoms with Crippen LogP contribution in [0.1, 0.15) is 13.8 Å². The molecule has 1 rings (SSSR count). The van der Waals surface area contributed by atoms with Crippen molar-refractivity contribution in [2.45, 2.75) is 13.8 Å². The molecule has 0 aromatic heterocycles. The number of esters is 2. The van der Waals surface area contributed by atoms with Gasteiger partial charge in [0.15, 0.2) is 5.57 Å². The van der Waals surface area contributed by atoms with Gasteiger partial charge in [-0.25, -0.2) is 9.59 Å². The fraction of sp³-hybridized carbons (Fsp3) is 0.615. The molecule has 0 aliphatic carbocycles. The fourth-order valence-corrected chi connectivity index (χ4v) is 1.68. The number of amides is 1. The molecular weight excluding hydrogens is 264 g/mol. The average molecular weight is 284 g/mol. The molecule has 7 nitrogen and oxygen atoms in total. The molecule has 0 aromatic carbocycles. The molecule has 1 aliphatic heterocycles. The number of hydrogen-bond acceptors (Lipinski definition) is 6. The summed E-state index contributed by atoms with van der Waals surface area (Å²) in [5.41, 5.74) is -0.189. The minimum Gasteiger partial charge on any atom is -0.462 e. The Hall–Kier alpha value is -2.05. The number of nitrogens with zero attached hydrogens (tertiary/aromatic N) is 2. The van der Waals surface area contributed by atoms with Gasteiger partial charge in [0.25, 0.3) is 0 Å². The molecule has 1 aliphatic rings. The van der Waals surface area contributed by atoms with Crippen molar-refractivity contribution in [3.63, 3.8) is 0 Å². The van der Waals surface area contributed by atoms with E-state index in [1.807, 2.05) is 0 Å². The van der Waals surface area contributed by atoms with Crippen molar-refractivity contribution in [1.82, 2.24) is 9.80 Å². The van der Waals surface area contributed by atoms with Gasteiger partial charge in [-0.2, -0.15) is 0 Å². The monoisotopic (exact) mass is 284 g/mol. The molecule has 20 heavy (non-hydrogen) atoms. The Morgan fingerprint density at radius 2 is 1.70 bits per heavy atom. The third kappa shape index (κ3) is 4.25. The Balaban J connectivity index is 2.86. The van der Waals surface area contributed by atoms with E-state index >= 15 is 0 Å². The number of rotatable bonds is 5.